The number of aromatic nitrogens is 4. The Kier molecular flexibility index (Phi) is 6.42. The third-order valence-electron chi connectivity index (χ3n) is 3.21. The largest absolute Gasteiger partial charge is 0.351 e. The highest BCUT2D eigenvalue weighted by Gasteiger charge is 2.16. The van der Waals surface area contributed by atoms with Gasteiger partial charge in [-0.15, -0.1) is 15.3 Å². The van der Waals surface area contributed by atoms with E-state index in [4.69, 9.17) is 0 Å². The molecule has 0 saturated carbocycles. The number of aryl methyl sites for hydroxylation is 1. The van der Waals surface area contributed by atoms with Gasteiger partial charge in [-0.2, -0.15) is 0 Å². The molecule has 140 valence electrons. The van der Waals surface area contributed by atoms with Crippen LogP contribution in [0.3, 0.4) is 0 Å². The number of hydrogen-bond acceptors (Lipinski definition) is 9. The fraction of sp³-hybridized carbons (Fsp3) is 0.200. The van der Waals surface area contributed by atoms with Crippen molar-refractivity contribution in [2.75, 3.05) is 11.1 Å². The van der Waals surface area contributed by atoms with Crippen molar-refractivity contribution >= 4 is 51.6 Å². The van der Waals surface area contributed by atoms with E-state index in [0.717, 1.165) is 17.1 Å². The number of hydrogen-bond donors (Lipinski definition) is 2. The number of benzene rings is 1. The monoisotopic (exact) mass is 424 g/mol. The van der Waals surface area contributed by atoms with Gasteiger partial charge in [-0.25, -0.2) is 4.39 Å². The van der Waals surface area contributed by atoms with Crippen molar-refractivity contribution in [2.24, 2.45) is 0 Å². The molecule has 0 saturated heterocycles. The predicted molar refractivity (Wildman–Crippen MR) is 101 cm³/mol. The molecule has 0 aliphatic heterocycles. The molecule has 0 bridgehead atoms. The minimum atomic E-state index is -0.341. The summed E-state index contributed by atoms with van der Waals surface area (Å²) in [4.78, 5) is 24.4. The highest BCUT2D eigenvalue weighted by atomic mass is 32.2. The van der Waals surface area contributed by atoms with Crippen LogP contribution in [0.2, 0.25) is 0 Å². The van der Waals surface area contributed by atoms with Crippen LogP contribution in [-0.4, -0.2) is 37.4 Å². The number of rotatable bonds is 7. The fourth-order valence-electron chi connectivity index (χ4n) is 1.89. The number of carbonyl (C=O) groups excluding carboxylic acids is 2. The zero-order valence-corrected chi connectivity index (χ0v) is 16.4. The molecule has 2 N–H and O–H groups in total. The van der Waals surface area contributed by atoms with E-state index in [2.05, 4.69) is 30.4 Å². The number of thioether (sulfide) groups is 1. The van der Waals surface area contributed by atoms with E-state index in [9.17, 15) is 14.0 Å². The van der Waals surface area contributed by atoms with Crippen molar-refractivity contribution in [3.05, 3.63) is 46.2 Å². The first-order valence-corrected chi connectivity index (χ1v) is 10.2. The van der Waals surface area contributed by atoms with Crippen molar-refractivity contribution in [3.63, 3.8) is 0 Å². The van der Waals surface area contributed by atoms with Crippen LogP contribution in [0.5, 0.6) is 0 Å². The second-order valence-corrected chi connectivity index (χ2v) is 8.16. The molecular formula is C15H13FN6O2S3. The van der Waals surface area contributed by atoms with Crippen LogP contribution in [0.4, 0.5) is 9.52 Å². The van der Waals surface area contributed by atoms with Gasteiger partial charge in [0.05, 0.1) is 11.4 Å². The zero-order valence-electron chi connectivity index (χ0n) is 13.9. The third kappa shape index (κ3) is 5.52. The average Bonchev–Trinajstić information content (AvgIpc) is 3.28. The zero-order chi connectivity index (χ0) is 19.2. The molecular weight excluding hydrogens is 411 g/mol. The Hall–Kier alpha value is -2.44. The van der Waals surface area contributed by atoms with E-state index in [0.29, 0.717) is 26.6 Å². The van der Waals surface area contributed by atoms with Gasteiger partial charge >= 0.3 is 0 Å². The van der Waals surface area contributed by atoms with Gasteiger partial charge in [0.15, 0.2) is 4.34 Å². The Bertz CT molecular complexity index is 943. The van der Waals surface area contributed by atoms with Gasteiger partial charge in [0, 0.05) is 6.54 Å². The molecule has 3 rings (SSSR count). The first kappa shape index (κ1) is 19.3. The van der Waals surface area contributed by atoms with E-state index >= 15 is 0 Å². The van der Waals surface area contributed by atoms with Gasteiger partial charge in [0.1, 0.15) is 10.7 Å². The molecule has 8 nitrogen and oxygen atoms in total. The van der Waals surface area contributed by atoms with E-state index in [-0.39, 0.29) is 23.4 Å². The molecule has 0 spiro atoms. The summed E-state index contributed by atoms with van der Waals surface area (Å²) in [6.45, 7) is 2.02. The van der Waals surface area contributed by atoms with Crippen molar-refractivity contribution in [1.29, 1.82) is 0 Å². The van der Waals surface area contributed by atoms with Gasteiger partial charge in [-0.3, -0.25) is 14.9 Å². The highest BCUT2D eigenvalue weighted by molar-refractivity contribution is 8.01. The summed E-state index contributed by atoms with van der Waals surface area (Å²) in [6.07, 6.45) is 0. The lowest BCUT2D eigenvalue weighted by atomic mass is 10.2. The molecule has 0 radical (unpaired) electrons. The Morgan fingerprint density at radius 1 is 1.19 bits per heavy atom. The van der Waals surface area contributed by atoms with Crippen LogP contribution in [0.15, 0.2) is 28.6 Å². The van der Waals surface area contributed by atoms with Crippen LogP contribution < -0.4 is 10.6 Å². The van der Waals surface area contributed by atoms with E-state index in [1.807, 2.05) is 0 Å². The molecule has 2 heterocycles. The minimum Gasteiger partial charge on any atom is -0.351 e. The topological polar surface area (TPSA) is 110 Å². The first-order valence-electron chi connectivity index (χ1n) is 7.59. The van der Waals surface area contributed by atoms with E-state index in [1.165, 1.54) is 35.2 Å². The van der Waals surface area contributed by atoms with Gasteiger partial charge in [0.25, 0.3) is 5.91 Å². The summed E-state index contributed by atoms with van der Waals surface area (Å²) < 4.78 is 17.1. The van der Waals surface area contributed by atoms with Crippen molar-refractivity contribution in [3.8, 4) is 0 Å². The lowest BCUT2D eigenvalue weighted by Crippen LogP contribution is -2.24. The van der Waals surface area contributed by atoms with Gasteiger partial charge in [-0.1, -0.05) is 39.7 Å². The molecule has 3 aromatic rings. The Labute approximate surface area is 165 Å². The van der Waals surface area contributed by atoms with Gasteiger partial charge < -0.3 is 5.32 Å². The van der Waals surface area contributed by atoms with E-state index < -0.39 is 0 Å². The maximum atomic E-state index is 12.8. The summed E-state index contributed by atoms with van der Waals surface area (Å²) in [5, 5.41) is 17.3. The van der Waals surface area contributed by atoms with Crippen LogP contribution >= 0.6 is 34.6 Å². The molecule has 27 heavy (non-hydrogen) atoms. The predicted octanol–water partition coefficient (Wildman–Crippen LogP) is 2.50. The number of halogens is 1. The van der Waals surface area contributed by atoms with Crippen molar-refractivity contribution < 1.29 is 14.0 Å². The summed E-state index contributed by atoms with van der Waals surface area (Å²) >= 11 is 3.39. The van der Waals surface area contributed by atoms with Crippen molar-refractivity contribution in [2.45, 2.75) is 17.8 Å². The van der Waals surface area contributed by atoms with Gasteiger partial charge in [-0.05, 0) is 36.2 Å². The number of nitrogens with zero attached hydrogens (tertiary/aromatic N) is 4. The number of nitrogens with one attached hydrogen (secondary N) is 2. The van der Waals surface area contributed by atoms with Crippen LogP contribution in [0, 0.1) is 12.7 Å². The third-order valence-corrected chi connectivity index (χ3v) is 6.01. The number of carbonyl (C=O) groups is 2. The smallest absolute Gasteiger partial charge is 0.271 e. The molecule has 0 aliphatic carbocycles. The quantitative estimate of drug-likeness (QED) is 0.443. The molecule has 2 amide bonds. The fourth-order valence-corrected chi connectivity index (χ4v) is 4.02. The molecule has 0 unspecified atom stereocenters. The maximum absolute atomic E-state index is 12.8. The SMILES string of the molecule is Cc1nnsc1C(=O)Nc1nnc(SCC(=O)NCc2ccc(F)cc2)s1. The summed E-state index contributed by atoms with van der Waals surface area (Å²) in [5.41, 5.74) is 1.36. The molecule has 2 aromatic heterocycles. The number of amides is 2. The first-order chi connectivity index (χ1) is 13.0. The van der Waals surface area contributed by atoms with Crippen molar-refractivity contribution in [1.82, 2.24) is 25.1 Å². The summed E-state index contributed by atoms with van der Waals surface area (Å²) in [5.74, 6) is -0.688. The molecule has 0 aliphatic rings. The Morgan fingerprint density at radius 3 is 2.67 bits per heavy atom. The highest BCUT2D eigenvalue weighted by Crippen LogP contribution is 2.26. The summed E-state index contributed by atoms with van der Waals surface area (Å²) in [6, 6.07) is 5.92. The lowest BCUT2D eigenvalue weighted by Gasteiger charge is -2.04. The summed E-state index contributed by atoms with van der Waals surface area (Å²) in [7, 11) is 0. The Balaban J connectivity index is 1.45. The van der Waals surface area contributed by atoms with Gasteiger partial charge in [0.2, 0.25) is 11.0 Å². The number of anilines is 1. The minimum absolute atomic E-state index is 0.154. The van der Waals surface area contributed by atoms with Crippen LogP contribution in [-0.2, 0) is 11.3 Å². The standard InChI is InChI=1S/C15H13FN6O2S3/c1-8-12(27-22-19-8)13(24)18-14-20-21-15(26-14)25-7-11(23)17-6-9-2-4-10(16)5-3-9/h2-5H,6-7H2,1H3,(H,17,23)(H,18,20,24). The maximum Gasteiger partial charge on any atom is 0.271 e. The normalized spacial score (nSPS) is 10.6. The molecule has 1 aromatic carbocycles. The molecule has 12 heteroatoms. The second-order valence-electron chi connectivity index (χ2n) is 5.21. The van der Waals surface area contributed by atoms with Crippen LogP contribution in [0.1, 0.15) is 20.9 Å². The molecule has 0 atom stereocenters. The average molecular weight is 425 g/mol. The molecule has 0 fully saturated rings. The Morgan fingerprint density at radius 2 is 1.96 bits per heavy atom. The second kappa shape index (κ2) is 8.97. The van der Waals surface area contributed by atoms with Crippen LogP contribution in [0.25, 0.3) is 0 Å². The lowest BCUT2D eigenvalue weighted by molar-refractivity contribution is -0.118. The van der Waals surface area contributed by atoms with E-state index in [1.54, 1.807) is 19.1 Å².